The Morgan fingerprint density at radius 3 is 2.92 bits per heavy atom. The number of phenolic OH excluding ortho intramolecular Hbond substituents is 1. The lowest BCUT2D eigenvalue weighted by Gasteiger charge is -2.11. The van der Waals surface area contributed by atoms with Gasteiger partial charge in [-0.3, -0.25) is 0 Å². The molecule has 1 atom stereocenters. The fraction of sp³-hybridized carbons (Fsp3) is 0.400. The average Bonchev–Trinajstić information content (AvgIpc) is 2.62. The molecule has 3 nitrogen and oxygen atoms in total. The Hall–Kier alpha value is -1.22. The molecule has 2 rings (SSSR count). The zero-order valence-electron chi connectivity index (χ0n) is 7.46. The minimum atomic E-state index is 0.168. The molecule has 1 aliphatic rings. The summed E-state index contributed by atoms with van der Waals surface area (Å²) < 4.78 is 0. The minimum Gasteiger partial charge on any atom is -0.506 e. The third kappa shape index (κ3) is 1.60. The molecule has 1 aromatic carbocycles. The van der Waals surface area contributed by atoms with Crippen molar-refractivity contribution < 1.29 is 5.11 Å². The molecule has 1 aromatic rings. The van der Waals surface area contributed by atoms with E-state index in [9.17, 15) is 5.11 Å². The predicted octanol–water partition coefficient (Wildman–Crippen LogP) is 1.40. The number of anilines is 1. The van der Waals surface area contributed by atoms with Crippen LogP contribution in [-0.4, -0.2) is 11.7 Å². The molecule has 0 radical (unpaired) electrons. The quantitative estimate of drug-likeness (QED) is 0.450. The monoisotopic (exact) mass is 178 g/mol. The standard InChI is InChI=1S/C10H14N2O/c11-8-6-7(3-4-10(8)13)9-2-1-5-12-9/h3-4,6,9,12-13H,1-2,5,11H2/t9-/m0/s1. The van der Waals surface area contributed by atoms with Crippen molar-refractivity contribution in [3.63, 3.8) is 0 Å². The largest absolute Gasteiger partial charge is 0.506 e. The van der Waals surface area contributed by atoms with Crippen molar-refractivity contribution in [2.75, 3.05) is 12.3 Å². The van der Waals surface area contributed by atoms with Gasteiger partial charge in [-0.2, -0.15) is 0 Å². The van der Waals surface area contributed by atoms with Gasteiger partial charge >= 0.3 is 0 Å². The van der Waals surface area contributed by atoms with Crippen LogP contribution < -0.4 is 11.1 Å². The molecule has 70 valence electrons. The molecule has 1 heterocycles. The van der Waals surface area contributed by atoms with E-state index in [1.807, 2.05) is 12.1 Å². The van der Waals surface area contributed by atoms with E-state index in [-0.39, 0.29) is 5.75 Å². The number of rotatable bonds is 1. The van der Waals surface area contributed by atoms with Gasteiger partial charge in [-0.05, 0) is 37.1 Å². The van der Waals surface area contributed by atoms with E-state index >= 15 is 0 Å². The van der Waals surface area contributed by atoms with Gasteiger partial charge in [0.15, 0.2) is 0 Å². The molecule has 3 heteroatoms. The summed E-state index contributed by atoms with van der Waals surface area (Å²) in [7, 11) is 0. The Bertz CT molecular complexity index is 306. The molecule has 1 fully saturated rings. The van der Waals surface area contributed by atoms with Gasteiger partial charge in [-0.25, -0.2) is 0 Å². The second-order valence-electron chi connectivity index (χ2n) is 3.47. The topological polar surface area (TPSA) is 58.3 Å². The molecule has 0 spiro atoms. The molecule has 1 aliphatic heterocycles. The molecule has 4 N–H and O–H groups in total. The molecule has 0 unspecified atom stereocenters. The molecule has 0 aliphatic carbocycles. The number of aromatic hydroxyl groups is 1. The lowest BCUT2D eigenvalue weighted by molar-refractivity contribution is 0.477. The number of nitrogens with one attached hydrogen (secondary N) is 1. The van der Waals surface area contributed by atoms with E-state index < -0.39 is 0 Å². The Morgan fingerprint density at radius 1 is 1.46 bits per heavy atom. The van der Waals surface area contributed by atoms with Gasteiger partial charge in [0.05, 0.1) is 5.69 Å². The van der Waals surface area contributed by atoms with E-state index in [1.54, 1.807) is 6.07 Å². The number of phenols is 1. The predicted molar refractivity (Wildman–Crippen MR) is 52.5 cm³/mol. The second kappa shape index (κ2) is 3.26. The maximum absolute atomic E-state index is 9.24. The van der Waals surface area contributed by atoms with E-state index in [0.717, 1.165) is 13.0 Å². The van der Waals surface area contributed by atoms with Crippen molar-refractivity contribution in [1.82, 2.24) is 5.32 Å². The van der Waals surface area contributed by atoms with Crippen molar-refractivity contribution in [3.8, 4) is 5.75 Å². The summed E-state index contributed by atoms with van der Waals surface area (Å²) in [5.74, 6) is 0.168. The van der Waals surface area contributed by atoms with E-state index in [1.165, 1.54) is 12.0 Å². The highest BCUT2D eigenvalue weighted by Gasteiger charge is 2.16. The summed E-state index contributed by atoms with van der Waals surface area (Å²) in [4.78, 5) is 0. The van der Waals surface area contributed by atoms with Crippen LogP contribution in [0.1, 0.15) is 24.4 Å². The molecule has 0 amide bonds. The van der Waals surface area contributed by atoms with Crippen LogP contribution in [0.5, 0.6) is 5.75 Å². The highest BCUT2D eigenvalue weighted by Crippen LogP contribution is 2.28. The van der Waals surface area contributed by atoms with Crippen LogP contribution >= 0.6 is 0 Å². The Labute approximate surface area is 77.6 Å². The van der Waals surface area contributed by atoms with Gasteiger partial charge < -0.3 is 16.2 Å². The number of nitrogen functional groups attached to an aromatic ring is 1. The lowest BCUT2D eigenvalue weighted by Crippen LogP contribution is -2.12. The molecule has 0 aromatic heterocycles. The Kier molecular flexibility index (Phi) is 2.10. The summed E-state index contributed by atoms with van der Waals surface area (Å²) in [6.45, 7) is 1.07. The van der Waals surface area contributed by atoms with E-state index in [2.05, 4.69) is 5.32 Å². The summed E-state index contributed by atoms with van der Waals surface area (Å²) in [6.07, 6.45) is 2.37. The third-order valence-corrected chi connectivity index (χ3v) is 2.51. The van der Waals surface area contributed by atoms with Crippen LogP contribution in [0.25, 0.3) is 0 Å². The lowest BCUT2D eigenvalue weighted by atomic mass is 10.0. The van der Waals surface area contributed by atoms with Crippen LogP contribution in [0.2, 0.25) is 0 Å². The van der Waals surface area contributed by atoms with Gasteiger partial charge in [-0.1, -0.05) is 6.07 Å². The third-order valence-electron chi connectivity index (χ3n) is 2.51. The van der Waals surface area contributed by atoms with Crippen LogP contribution in [0.4, 0.5) is 5.69 Å². The van der Waals surface area contributed by atoms with E-state index in [0.29, 0.717) is 11.7 Å². The van der Waals surface area contributed by atoms with Gasteiger partial charge in [0.25, 0.3) is 0 Å². The Morgan fingerprint density at radius 2 is 2.31 bits per heavy atom. The number of hydrogen-bond donors (Lipinski definition) is 3. The van der Waals surface area contributed by atoms with E-state index in [4.69, 9.17) is 5.73 Å². The molecular formula is C10H14N2O. The first-order valence-corrected chi connectivity index (χ1v) is 4.59. The van der Waals surface area contributed by atoms with Crippen molar-refractivity contribution in [2.45, 2.75) is 18.9 Å². The van der Waals surface area contributed by atoms with Crippen LogP contribution in [0.3, 0.4) is 0 Å². The minimum absolute atomic E-state index is 0.168. The fourth-order valence-corrected chi connectivity index (χ4v) is 1.76. The highest BCUT2D eigenvalue weighted by molar-refractivity contribution is 5.53. The van der Waals surface area contributed by atoms with Crippen LogP contribution in [-0.2, 0) is 0 Å². The van der Waals surface area contributed by atoms with Crippen LogP contribution in [0.15, 0.2) is 18.2 Å². The Balaban J connectivity index is 2.25. The highest BCUT2D eigenvalue weighted by atomic mass is 16.3. The fourth-order valence-electron chi connectivity index (χ4n) is 1.76. The van der Waals surface area contributed by atoms with Gasteiger partial charge in [-0.15, -0.1) is 0 Å². The maximum Gasteiger partial charge on any atom is 0.138 e. The van der Waals surface area contributed by atoms with Crippen molar-refractivity contribution in [2.24, 2.45) is 0 Å². The summed E-state index contributed by atoms with van der Waals surface area (Å²) in [5.41, 5.74) is 7.25. The molecular weight excluding hydrogens is 164 g/mol. The number of nitrogens with two attached hydrogens (primary N) is 1. The molecule has 0 bridgehead atoms. The first-order valence-electron chi connectivity index (χ1n) is 4.59. The van der Waals surface area contributed by atoms with Gasteiger partial charge in [0, 0.05) is 6.04 Å². The summed E-state index contributed by atoms with van der Waals surface area (Å²) >= 11 is 0. The number of hydrogen-bond acceptors (Lipinski definition) is 3. The second-order valence-corrected chi connectivity index (χ2v) is 3.47. The first kappa shape index (κ1) is 8.38. The molecule has 13 heavy (non-hydrogen) atoms. The van der Waals surface area contributed by atoms with Gasteiger partial charge in [0.1, 0.15) is 5.75 Å². The summed E-state index contributed by atoms with van der Waals surface area (Å²) in [6, 6.07) is 5.85. The normalized spacial score (nSPS) is 22.0. The smallest absolute Gasteiger partial charge is 0.138 e. The zero-order valence-corrected chi connectivity index (χ0v) is 7.46. The van der Waals surface area contributed by atoms with Crippen molar-refractivity contribution in [3.05, 3.63) is 23.8 Å². The molecule has 0 saturated carbocycles. The molecule has 1 saturated heterocycles. The van der Waals surface area contributed by atoms with Crippen molar-refractivity contribution in [1.29, 1.82) is 0 Å². The zero-order chi connectivity index (χ0) is 9.26. The number of benzene rings is 1. The maximum atomic E-state index is 9.24. The first-order chi connectivity index (χ1) is 6.27. The average molecular weight is 178 g/mol. The SMILES string of the molecule is Nc1cc([C@@H]2CCCN2)ccc1O. The van der Waals surface area contributed by atoms with Crippen molar-refractivity contribution >= 4 is 5.69 Å². The summed E-state index contributed by atoms with van der Waals surface area (Å²) in [5, 5.41) is 12.6. The van der Waals surface area contributed by atoms with Gasteiger partial charge in [0.2, 0.25) is 0 Å². The van der Waals surface area contributed by atoms with Crippen LogP contribution in [0, 0.1) is 0 Å².